The monoisotopic (exact) mass is 392 g/mol. The highest BCUT2D eigenvalue weighted by Gasteiger charge is 2.32. The molecule has 8 nitrogen and oxygen atoms in total. The van der Waals surface area contributed by atoms with E-state index in [0.29, 0.717) is 24.7 Å². The maximum Gasteiger partial charge on any atom is 0.158 e. The van der Waals surface area contributed by atoms with Crippen LogP contribution in [0.1, 0.15) is 12.6 Å². The molecule has 1 aromatic carbocycles. The third kappa shape index (κ3) is 4.17. The standard InChI is InChI=1S/C20H21FN8/c1-2-23-18-11-28(10-17(18)21)15-3-5-16(6-4-15)29-12-20(26-13-29)27-19-9-24-14(7-22)8-25-19/h3-6,8-9,12-13,17-18,23H,2,10-11H2,1H3,(H,25,27)/t17-,18+/m1/s1. The molecule has 1 aliphatic heterocycles. The van der Waals surface area contributed by atoms with Gasteiger partial charge in [0.2, 0.25) is 0 Å². The van der Waals surface area contributed by atoms with Crippen LogP contribution in [0.2, 0.25) is 0 Å². The molecule has 1 saturated heterocycles. The molecular weight excluding hydrogens is 371 g/mol. The molecule has 0 bridgehead atoms. The van der Waals surface area contributed by atoms with Gasteiger partial charge in [-0.1, -0.05) is 6.92 Å². The number of alkyl halides is 1. The lowest BCUT2D eigenvalue weighted by molar-refractivity contribution is 0.303. The van der Waals surface area contributed by atoms with Gasteiger partial charge in [0, 0.05) is 17.9 Å². The summed E-state index contributed by atoms with van der Waals surface area (Å²) >= 11 is 0. The zero-order chi connectivity index (χ0) is 20.2. The number of nitriles is 1. The van der Waals surface area contributed by atoms with Crippen LogP contribution in [0.15, 0.2) is 49.2 Å². The van der Waals surface area contributed by atoms with Crippen LogP contribution in [0, 0.1) is 11.3 Å². The second kappa shape index (κ2) is 8.24. The van der Waals surface area contributed by atoms with Crippen LogP contribution in [0.4, 0.5) is 21.7 Å². The summed E-state index contributed by atoms with van der Waals surface area (Å²) in [6.07, 6.45) is 5.56. The first-order valence-electron chi connectivity index (χ1n) is 9.42. The minimum Gasteiger partial charge on any atom is -0.367 e. The summed E-state index contributed by atoms with van der Waals surface area (Å²) in [5, 5.41) is 15.0. The number of rotatable bonds is 6. The first-order valence-corrected chi connectivity index (χ1v) is 9.42. The highest BCUT2D eigenvalue weighted by atomic mass is 19.1. The van der Waals surface area contributed by atoms with E-state index in [2.05, 4.69) is 30.5 Å². The fourth-order valence-electron chi connectivity index (χ4n) is 3.38. The topological polar surface area (TPSA) is 94.7 Å². The fourth-order valence-corrected chi connectivity index (χ4v) is 3.38. The van der Waals surface area contributed by atoms with E-state index in [1.54, 1.807) is 6.33 Å². The highest BCUT2D eigenvalue weighted by Crippen LogP contribution is 2.24. The predicted octanol–water partition coefficient (Wildman–Crippen LogP) is 2.41. The van der Waals surface area contributed by atoms with Crippen LogP contribution < -0.4 is 15.5 Å². The summed E-state index contributed by atoms with van der Waals surface area (Å²) in [6, 6.07) is 9.77. The number of aromatic nitrogens is 4. The molecule has 4 rings (SSSR count). The van der Waals surface area contributed by atoms with Gasteiger partial charge in [0.1, 0.15) is 30.2 Å². The molecule has 29 heavy (non-hydrogen) atoms. The Morgan fingerprint density at radius 3 is 2.59 bits per heavy atom. The summed E-state index contributed by atoms with van der Waals surface area (Å²) in [5.41, 5.74) is 2.21. The minimum absolute atomic E-state index is 0.118. The van der Waals surface area contributed by atoms with E-state index < -0.39 is 6.17 Å². The van der Waals surface area contributed by atoms with Crippen molar-refractivity contribution in [3.05, 3.63) is 54.9 Å². The summed E-state index contributed by atoms with van der Waals surface area (Å²) < 4.78 is 16.0. The van der Waals surface area contributed by atoms with Gasteiger partial charge in [-0.2, -0.15) is 5.26 Å². The van der Waals surface area contributed by atoms with E-state index >= 15 is 0 Å². The van der Waals surface area contributed by atoms with Gasteiger partial charge in [-0.15, -0.1) is 0 Å². The van der Waals surface area contributed by atoms with Crippen molar-refractivity contribution in [1.82, 2.24) is 24.8 Å². The fraction of sp³-hybridized carbons (Fsp3) is 0.300. The van der Waals surface area contributed by atoms with Crippen LogP contribution in [0.5, 0.6) is 0 Å². The molecule has 0 unspecified atom stereocenters. The lowest BCUT2D eigenvalue weighted by Crippen LogP contribution is -2.37. The Labute approximate surface area is 168 Å². The maximum atomic E-state index is 14.1. The smallest absolute Gasteiger partial charge is 0.158 e. The van der Waals surface area contributed by atoms with Gasteiger partial charge in [0.05, 0.1) is 31.2 Å². The number of benzene rings is 1. The van der Waals surface area contributed by atoms with Crippen molar-refractivity contribution in [2.75, 3.05) is 29.9 Å². The lowest BCUT2D eigenvalue weighted by atomic mass is 10.2. The Bertz CT molecular complexity index is 993. The highest BCUT2D eigenvalue weighted by molar-refractivity contribution is 5.54. The van der Waals surface area contributed by atoms with E-state index in [4.69, 9.17) is 5.26 Å². The van der Waals surface area contributed by atoms with Gasteiger partial charge in [-0.25, -0.2) is 19.3 Å². The lowest BCUT2D eigenvalue weighted by Gasteiger charge is -2.18. The van der Waals surface area contributed by atoms with E-state index in [-0.39, 0.29) is 11.7 Å². The number of hydrogen-bond donors (Lipinski definition) is 2. The van der Waals surface area contributed by atoms with Crippen molar-refractivity contribution in [3.63, 3.8) is 0 Å². The number of anilines is 3. The second-order valence-corrected chi connectivity index (χ2v) is 6.79. The number of hydrogen-bond acceptors (Lipinski definition) is 7. The van der Waals surface area contributed by atoms with Gasteiger partial charge < -0.3 is 20.1 Å². The van der Waals surface area contributed by atoms with Crippen LogP contribution in [0.25, 0.3) is 5.69 Å². The van der Waals surface area contributed by atoms with Crippen molar-refractivity contribution < 1.29 is 4.39 Å². The summed E-state index contributed by atoms with van der Waals surface area (Å²) in [4.78, 5) is 14.5. The van der Waals surface area contributed by atoms with Crippen LogP contribution in [0.3, 0.4) is 0 Å². The Hall–Kier alpha value is -3.51. The summed E-state index contributed by atoms with van der Waals surface area (Å²) in [7, 11) is 0. The van der Waals surface area contributed by atoms with Gasteiger partial charge in [-0.05, 0) is 30.8 Å². The quantitative estimate of drug-likeness (QED) is 0.665. The SMILES string of the molecule is CCN[C@H]1CN(c2ccc(-n3cnc(Nc4cnc(C#N)cn4)c3)cc2)C[C@H]1F. The maximum absolute atomic E-state index is 14.1. The Morgan fingerprint density at radius 1 is 1.10 bits per heavy atom. The number of halogens is 1. The first-order chi connectivity index (χ1) is 14.2. The molecule has 2 atom stereocenters. The molecule has 0 spiro atoms. The average Bonchev–Trinajstić information content (AvgIpc) is 3.36. The zero-order valence-electron chi connectivity index (χ0n) is 16.0. The number of likely N-dealkylation sites (N-methyl/N-ethyl adjacent to an activating group) is 1. The van der Waals surface area contributed by atoms with Crippen molar-refractivity contribution in [3.8, 4) is 11.8 Å². The van der Waals surface area contributed by atoms with Crippen LogP contribution in [-0.4, -0.2) is 51.4 Å². The third-order valence-electron chi connectivity index (χ3n) is 4.83. The van der Waals surface area contributed by atoms with Gasteiger partial charge in [-0.3, -0.25) is 0 Å². The van der Waals surface area contributed by atoms with Crippen molar-refractivity contribution in [2.45, 2.75) is 19.1 Å². The normalized spacial score (nSPS) is 18.6. The Morgan fingerprint density at radius 2 is 1.90 bits per heavy atom. The molecule has 0 amide bonds. The van der Waals surface area contributed by atoms with E-state index in [0.717, 1.165) is 17.9 Å². The van der Waals surface area contributed by atoms with E-state index in [1.165, 1.54) is 12.4 Å². The largest absolute Gasteiger partial charge is 0.367 e. The van der Waals surface area contributed by atoms with Crippen LogP contribution >= 0.6 is 0 Å². The molecule has 0 saturated carbocycles. The Kier molecular flexibility index (Phi) is 5.35. The molecule has 148 valence electrons. The Balaban J connectivity index is 1.42. The molecule has 1 aliphatic rings. The summed E-state index contributed by atoms with van der Waals surface area (Å²) in [5.74, 6) is 1.12. The molecular formula is C20H21FN8. The van der Waals surface area contributed by atoms with Crippen LogP contribution in [-0.2, 0) is 0 Å². The van der Waals surface area contributed by atoms with Gasteiger partial charge in [0.15, 0.2) is 5.69 Å². The van der Waals surface area contributed by atoms with Crippen molar-refractivity contribution in [2.24, 2.45) is 0 Å². The van der Waals surface area contributed by atoms with E-state index in [1.807, 2.05) is 48.0 Å². The molecule has 2 aromatic heterocycles. The average molecular weight is 392 g/mol. The number of nitrogens with zero attached hydrogens (tertiary/aromatic N) is 6. The van der Waals surface area contributed by atoms with E-state index in [9.17, 15) is 4.39 Å². The molecule has 0 aliphatic carbocycles. The van der Waals surface area contributed by atoms with Crippen molar-refractivity contribution >= 4 is 17.3 Å². The minimum atomic E-state index is -0.859. The predicted molar refractivity (Wildman–Crippen MR) is 108 cm³/mol. The third-order valence-corrected chi connectivity index (χ3v) is 4.83. The number of nitrogens with one attached hydrogen (secondary N) is 2. The molecule has 3 heterocycles. The second-order valence-electron chi connectivity index (χ2n) is 6.79. The molecule has 0 radical (unpaired) electrons. The summed E-state index contributed by atoms with van der Waals surface area (Å²) in [6.45, 7) is 3.83. The van der Waals surface area contributed by atoms with Gasteiger partial charge in [0.25, 0.3) is 0 Å². The first kappa shape index (κ1) is 18.8. The number of imidazole rings is 1. The molecule has 9 heteroatoms. The zero-order valence-corrected chi connectivity index (χ0v) is 16.0. The molecule has 1 fully saturated rings. The molecule has 3 aromatic rings. The van der Waals surface area contributed by atoms with Crippen molar-refractivity contribution in [1.29, 1.82) is 5.26 Å². The molecule has 2 N–H and O–H groups in total. The van der Waals surface area contributed by atoms with Gasteiger partial charge >= 0.3 is 0 Å².